The molecule has 1 aliphatic rings. The van der Waals surface area contributed by atoms with Crippen molar-refractivity contribution in [3.05, 3.63) is 35.9 Å². The first-order valence-electron chi connectivity index (χ1n) is 10.3. The number of methoxy groups -OCH3 is 1. The molecule has 0 radical (unpaired) electrons. The number of esters is 2. The van der Waals surface area contributed by atoms with Gasteiger partial charge in [-0.15, -0.1) is 0 Å². The average Bonchev–Trinajstić information content (AvgIpc) is 2.63. The number of ether oxygens (including phenoxy) is 2. The smallest absolute Gasteiger partial charge is 0.338 e. The van der Waals surface area contributed by atoms with Crippen LogP contribution in [0.1, 0.15) is 57.8 Å². The monoisotopic (exact) mass is 437 g/mol. The number of hydroxylamine groups is 2. The predicted molar refractivity (Wildman–Crippen MR) is 116 cm³/mol. The van der Waals surface area contributed by atoms with Crippen molar-refractivity contribution >= 4 is 20.3 Å². The molecule has 0 aliphatic carbocycles. The molecule has 0 N–H and O–H groups in total. The normalized spacial score (nSPS) is 22.4. The lowest BCUT2D eigenvalue weighted by atomic mass is 9.93. The molecule has 0 saturated carbocycles. The third kappa shape index (κ3) is 6.13. The Morgan fingerprint density at radius 3 is 2.33 bits per heavy atom. The number of hydrogen-bond acceptors (Lipinski definition) is 7. The second-order valence-corrected chi connectivity index (χ2v) is 14.6. The number of carbonyl (C=O) groups is 2. The third-order valence-corrected chi connectivity index (χ3v) is 9.97. The molecule has 30 heavy (non-hydrogen) atoms. The first-order valence-corrected chi connectivity index (χ1v) is 13.2. The van der Waals surface area contributed by atoms with Gasteiger partial charge in [-0.3, -0.25) is 9.63 Å². The van der Waals surface area contributed by atoms with E-state index in [0.29, 0.717) is 12.0 Å². The van der Waals surface area contributed by atoms with Crippen molar-refractivity contribution in [2.45, 2.75) is 83.3 Å². The summed E-state index contributed by atoms with van der Waals surface area (Å²) in [6.07, 6.45) is -0.205. The Hall–Kier alpha value is -1.74. The van der Waals surface area contributed by atoms with E-state index in [1.165, 1.54) is 12.3 Å². The first kappa shape index (κ1) is 24.5. The summed E-state index contributed by atoms with van der Waals surface area (Å²) in [5.74, 6) is -0.867. The lowest BCUT2D eigenvalue weighted by Gasteiger charge is -2.49. The molecule has 1 aromatic rings. The molecule has 1 aliphatic heterocycles. The summed E-state index contributed by atoms with van der Waals surface area (Å²) in [6.45, 7) is 14.4. The van der Waals surface area contributed by atoms with Gasteiger partial charge in [0.05, 0.1) is 24.7 Å². The minimum absolute atomic E-state index is 0.0199. The largest absolute Gasteiger partial charge is 0.469 e. The number of hydrogen-bond donors (Lipinski definition) is 0. The van der Waals surface area contributed by atoms with Crippen LogP contribution in [0.25, 0.3) is 0 Å². The highest BCUT2D eigenvalue weighted by atomic mass is 28.4. The lowest BCUT2D eigenvalue weighted by molar-refractivity contribution is -0.419. The van der Waals surface area contributed by atoms with Crippen molar-refractivity contribution in [1.82, 2.24) is 5.23 Å². The maximum Gasteiger partial charge on any atom is 0.338 e. The van der Waals surface area contributed by atoms with Gasteiger partial charge in [0.2, 0.25) is 8.32 Å². The van der Waals surface area contributed by atoms with E-state index in [4.69, 9.17) is 18.8 Å². The Morgan fingerprint density at radius 2 is 1.80 bits per heavy atom. The van der Waals surface area contributed by atoms with Crippen molar-refractivity contribution in [1.29, 1.82) is 0 Å². The second kappa shape index (κ2) is 9.17. The summed E-state index contributed by atoms with van der Waals surface area (Å²) in [5.41, 5.74) is -0.188. The molecular weight excluding hydrogens is 402 g/mol. The second-order valence-electron chi connectivity index (χ2n) is 9.85. The zero-order chi connectivity index (χ0) is 22.7. The van der Waals surface area contributed by atoms with Crippen LogP contribution in [-0.2, 0) is 23.6 Å². The van der Waals surface area contributed by atoms with Crippen LogP contribution in [0.4, 0.5) is 0 Å². The van der Waals surface area contributed by atoms with E-state index >= 15 is 0 Å². The Labute approximate surface area is 180 Å². The number of rotatable bonds is 6. The van der Waals surface area contributed by atoms with Crippen LogP contribution >= 0.6 is 0 Å². The van der Waals surface area contributed by atoms with Crippen LogP contribution in [0.3, 0.4) is 0 Å². The standard InChI is InChI=1S/C22H35NO6Si/c1-21(2,3)30(7,8)29-23-17(14-19(24)26-6)18(15-22(4,5)28-23)27-20(25)16-12-10-9-11-13-16/h9-13,17-18H,14-15H2,1-8H3/t17-,18-/m1/s1. The molecule has 2 atom stereocenters. The van der Waals surface area contributed by atoms with E-state index in [9.17, 15) is 9.59 Å². The topological polar surface area (TPSA) is 74.3 Å². The molecule has 1 fully saturated rings. The lowest BCUT2D eigenvalue weighted by Crippen LogP contribution is -2.60. The van der Waals surface area contributed by atoms with Gasteiger partial charge in [0.1, 0.15) is 12.1 Å². The van der Waals surface area contributed by atoms with E-state index in [2.05, 4.69) is 33.9 Å². The molecule has 0 amide bonds. The Kier molecular flexibility index (Phi) is 7.50. The van der Waals surface area contributed by atoms with Crippen LogP contribution in [0.5, 0.6) is 0 Å². The molecule has 168 valence electrons. The molecule has 1 saturated heterocycles. The SMILES string of the molecule is COC(=O)C[C@@H]1[C@H](OC(=O)c2ccccc2)CC(C)(C)ON1O[Si](C)(C)C(C)(C)C. The number of carbonyl (C=O) groups excluding carboxylic acids is 2. The highest BCUT2D eigenvalue weighted by molar-refractivity contribution is 6.74. The van der Waals surface area contributed by atoms with Gasteiger partial charge in [0, 0.05) is 6.42 Å². The highest BCUT2D eigenvalue weighted by Crippen LogP contribution is 2.40. The van der Waals surface area contributed by atoms with Gasteiger partial charge in [-0.25, -0.2) is 4.79 Å². The van der Waals surface area contributed by atoms with Crippen LogP contribution in [-0.4, -0.2) is 50.3 Å². The van der Waals surface area contributed by atoms with E-state index in [-0.39, 0.29) is 11.5 Å². The Bertz CT molecular complexity index is 744. The maximum atomic E-state index is 12.7. The molecule has 2 rings (SSSR count). The molecular formula is C22H35NO6Si. The van der Waals surface area contributed by atoms with Gasteiger partial charge in [-0.2, -0.15) is 0 Å². The third-order valence-electron chi connectivity index (χ3n) is 5.73. The molecule has 0 unspecified atom stereocenters. The van der Waals surface area contributed by atoms with Crippen LogP contribution in [0, 0.1) is 0 Å². The van der Waals surface area contributed by atoms with E-state index in [1.807, 2.05) is 19.9 Å². The molecule has 7 nitrogen and oxygen atoms in total. The van der Waals surface area contributed by atoms with Crippen molar-refractivity contribution in [3.63, 3.8) is 0 Å². The summed E-state index contributed by atoms with van der Waals surface area (Å²) in [6, 6.07) is 8.18. The maximum absolute atomic E-state index is 12.7. The van der Waals surface area contributed by atoms with E-state index in [0.717, 1.165) is 0 Å². The van der Waals surface area contributed by atoms with Crippen molar-refractivity contribution in [2.75, 3.05) is 7.11 Å². The fraction of sp³-hybridized carbons (Fsp3) is 0.636. The van der Waals surface area contributed by atoms with Gasteiger partial charge in [0.15, 0.2) is 0 Å². The Balaban J connectivity index is 2.34. The molecule has 1 heterocycles. The van der Waals surface area contributed by atoms with Gasteiger partial charge < -0.3 is 14.0 Å². The predicted octanol–water partition coefficient (Wildman–Crippen LogP) is 4.50. The highest BCUT2D eigenvalue weighted by Gasteiger charge is 2.49. The first-order chi connectivity index (χ1) is 13.8. The van der Waals surface area contributed by atoms with Gasteiger partial charge in [-0.1, -0.05) is 44.2 Å². The minimum atomic E-state index is -2.28. The number of nitrogens with zero attached hydrogens (tertiary/aromatic N) is 1. The van der Waals surface area contributed by atoms with Gasteiger partial charge >= 0.3 is 11.9 Å². The molecule has 1 aromatic carbocycles. The molecule has 0 spiro atoms. The fourth-order valence-corrected chi connectivity index (χ4v) is 3.81. The van der Waals surface area contributed by atoms with Crippen LogP contribution in [0.15, 0.2) is 30.3 Å². The summed E-state index contributed by atoms with van der Waals surface area (Å²) in [4.78, 5) is 31.0. The van der Waals surface area contributed by atoms with Gasteiger partial charge in [0.25, 0.3) is 0 Å². The zero-order valence-corrected chi connectivity index (χ0v) is 20.4. The zero-order valence-electron chi connectivity index (χ0n) is 19.4. The summed E-state index contributed by atoms with van der Waals surface area (Å²) < 4.78 is 17.2. The summed E-state index contributed by atoms with van der Waals surface area (Å²) in [7, 11) is -0.950. The fourth-order valence-electron chi connectivity index (χ4n) is 2.91. The summed E-state index contributed by atoms with van der Waals surface area (Å²) >= 11 is 0. The van der Waals surface area contributed by atoms with Crippen LogP contribution < -0.4 is 0 Å². The Morgan fingerprint density at radius 1 is 1.20 bits per heavy atom. The number of benzene rings is 1. The van der Waals surface area contributed by atoms with Crippen LogP contribution in [0.2, 0.25) is 18.1 Å². The van der Waals surface area contributed by atoms with Crippen molar-refractivity contribution in [2.24, 2.45) is 0 Å². The van der Waals surface area contributed by atoms with E-state index < -0.39 is 38.0 Å². The van der Waals surface area contributed by atoms with Crippen molar-refractivity contribution in [3.8, 4) is 0 Å². The average molecular weight is 438 g/mol. The molecule has 0 aromatic heterocycles. The molecule has 8 heteroatoms. The minimum Gasteiger partial charge on any atom is -0.469 e. The van der Waals surface area contributed by atoms with Crippen molar-refractivity contribution < 1.29 is 28.4 Å². The van der Waals surface area contributed by atoms with Gasteiger partial charge in [-0.05, 0) is 44.1 Å². The summed E-state index contributed by atoms with van der Waals surface area (Å²) in [5, 5.41) is 1.32. The molecule has 0 bridgehead atoms. The van der Waals surface area contributed by atoms with E-state index in [1.54, 1.807) is 24.3 Å². The quantitative estimate of drug-likeness (QED) is 0.479.